The largest absolute Gasteiger partial charge is 0.456 e. The van der Waals surface area contributed by atoms with Crippen LogP contribution in [0.4, 0.5) is 0 Å². The minimum Gasteiger partial charge on any atom is -0.456 e. The van der Waals surface area contributed by atoms with Gasteiger partial charge < -0.3 is 9.73 Å². The van der Waals surface area contributed by atoms with Crippen LogP contribution in [-0.2, 0) is 0 Å². The molecule has 4 heteroatoms. The molecule has 0 radical (unpaired) electrons. The second-order valence-corrected chi connectivity index (χ2v) is 13.0. The summed E-state index contributed by atoms with van der Waals surface area (Å²) in [6.45, 7) is 0. The number of furan rings is 1. The molecule has 4 nitrogen and oxygen atoms in total. The minimum atomic E-state index is -0.387. The number of aliphatic imine (C=N–C) groups is 2. The summed E-state index contributed by atoms with van der Waals surface area (Å²) in [6.07, 6.45) is -0.387. The Morgan fingerprint density at radius 1 is 0.451 bits per heavy atom. The van der Waals surface area contributed by atoms with Gasteiger partial charge in [-0.1, -0.05) is 152 Å². The first kappa shape index (κ1) is 29.2. The third-order valence-electron chi connectivity index (χ3n) is 9.94. The van der Waals surface area contributed by atoms with Crippen LogP contribution >= 0.6 is 0 Å². The fraction of sp³-hybridized carbons (Fsp3) is 0.0213. The maximum absolute atomic E-state index is 6.40. The summed E-state index contributed by atoms with van der Waals surface area (Å²) >= 11 is 0. The number of nitrogens with zero attached hydrogens (tertiary/aromatic N) is 2. The van der Waals surface area contributed by atoms with Gasteiger partial charge >= 0.3 is 0 Å². The third kappa shape index (κ3) is 5.08. The lowest BCUT2D eigenvalue weighted by atomic mass is 9.93. The Labute approximate surface area is 295 Å². The van der Waals surface area contributed by atoms with Gasteiger partial charge in [0.1, 0.15) is 23.2 Å². The molecule has 1 unspecified atom stereocenters. The number of hydrogen-bond donors (Lipinski definition) is 1. The van der Waals surface area contributed by atoms with Crippen LogP contribution in [0.2, 0.25) is 0 Å². The molecule has 0 aliphatic carbocycles. The van der Waals surface area contributed by atoms with Gasteiger partial charge in [-0.15, -0.1) is 0 Å². The molecule has 0 amide bonds. The van der Waals surface area contributed by atoms with Crippen molar-refractivity contribution in [2.75, 3.05) is 0 Å². The highest BCUT2D eigenvalue weighted by Gasteiger charge is 2.25. The van der Waals surface area contributed by atoms with Gasteiger partial charge in [0, 0.05) is 27.5 Å². The monoisotopic (exact) mass is 653 g/mol. The molecular formula is C47H31N3O. The molecule has 0 saturated carbocycles. The highest BCUT2D eigenvalue weighted by molar-refractivity contribution is 6.16. The Hall–Kier alpha value is -6.78. The highest BCUT2D eigenvalue weighted by atomic mass is 16.3. The zero-order chi connectivity index (χ0) is 33.7. The molecule has 1 aliphatic heterocycles. The van der Waals surface area contributed by atoms with Crippen LogP contribution in [0, 0.1) is 0 Å². The van der Waals surface area contributed by atoms with Gasteiger partial charge in [0.2, 0.25) is 0 Å². The number of rotatable bonds is 5. The average Bonchev–Trinajstić information content (AvgIpc) is 3.59. The van der Waals surface area contributed by atoms with E-state index in [1.807, 2.05) is 36.4 Å². The maximum atomic E-state index is 6.40. The van der Waals surface area contributed by atoms with Crippen LogP contribution in [0.1, 0.15) is 22.9 Å². The molecule has 0 fully saturated rings. The number of nitrogens with one attached hydrogen (secondary N) is 1. The quantitative estimate of drug-likeness (QED) is 0.188. The second-order valence-electron chi connectivity index (χ2n) is 13.0. The Morgan fingerprint density at radius 3 is 1.92 bits per heavy atom. The first-order valence-corrected chi connectivity index (χ1v) is 17.3. The molecule has 1 aliphatic rings. The van der Waals surface area contributed by atoms with Crippen molar-refractivity contribution in [3.63, 3.8) is 0 Å². The van der Waals surface area contributed by atoms with Gasteiger partial charge in [-0.3, -0.25) is 0 Å². The number of amidine groups is 2. The Bertz CT molecular complexity index is 2820. The van der Waals surface area contributed by atoms with Crippen molar-refractivity contribution in [1.29, 1.82) is 0 Å². The lowest BCUT2D eigenvalue weighted by Gasteiger charge is -2.24. The molecular weight excluding hydrogens is 623 g/mol. The molecule has 9 aromatic rings. The van der Waals surface area contributed by atoms with E-state index in [0.29, 0.717) is 5.84 Å². The summed E-state index contributed by atoms with van der Waals surface area (Å²) in [7, 11) is 0. The van der Waals surface area contributed by atoms with E-state index < -0.39 is 0 Å². The van der Waals surface area contributed by atoms with Gasteiger partial charge in [-0.2, -0.15) is 0 Å². The topological polar surface area (TPSA) is 49.9 Å². The Balaban J connectivity index is 1.10. The zero-order valence-corrected chi connectivity index (χ0v) is 27.6. The molecule has 0 spiro atoms. The summed E-state index contributed by atoms with van der Waals surface area (Å²) in [5, 5.41) is 10.8. The fourth-order valence-electron chi connectivity index (χ4n) is 7.47. The molecule has 10 rings (SSSR count). The average molecular weight is 654 g/mol. The standard InChI is InChI=1S/C47H31N3O/c1-3-12-30(13-4-1)34-26-27-42-41(28-34)44-39(20-11-21-43(44)51-42)47-49-45(32-14-5-2-6-15-32)48-46(50-47)33-24-22-31(23-25-33)40-29-35-16-7-8-17-36(35)37-18-9-10-19-38(37)40/h1-29,47H,(H,48,49,50). The fourth-order valence-corrected chi connectivity index (χ4v) is 7.47. The summed E-state index contributed by atoms with van der Waals surface area (Å²) in [5.41, 5.74) is 9.37. The molecule has 1 atom stereocenters. The molecule has 51 heavy (non-hydrogen) atoms. The zero-order valence-electron chi connectivity index (χ0n) is 27.6. The third-order valence-corrected chi connectivity index (χ3v) is 9.94. The van der Waals surface area contributed by atoms with E-state index in [9.17, 15) is 0 Å². The van der Waals surface area contributed by atoms with Crippen LogP contribution in [0.5, 0.6) is 0 Å². The summed E-state index contributed by atoms with van der Waals surface area (Å²) in [5.74, 6) is 1.47. The van der Waals surface area contributed by atoms with Gasteiger partial charge in [-0.05, 0) is 68.1 Å². The van der Waals surface area contributed by atoms with Crippen LogP contribution in [0.25, 0.3) is 65.7 Å². The van der Waals surface area contributed by atoms with Crippen molar-refractivity contribution in [2.24, 2.45) is 9.98 Å². The van der Waals surface area contributed by atoms with Crippen molar-refractivity contribution < 1.29 is 4.42 Å². The van der Waals surface area contributed by atoms with E-state index in [1.165, 1.54) is 32.7 Å². The summed E-state index contributed by atoms with van der Waals surface area (Å²) in [4.78, 5) is 10.4. The summed E-state index contributed by atoms with van der Waals surface area (Å²) in [6, 6.07) is 61.6. The summed E-state index contributed by atoms with van der Waals surface area (Å²) < 4.78 is 6.40. The Kier molecular flexibility index (Phi) is 6.85. The van der Waals surface area contributed by atoms with Gasteiger partial charge in [-0.25, -0.2) is 9.98 Å². The second kappa shape index (κ2) is 12.0. The van der Waals surface area contributed by atoms with E-state index in [4.69, 9.17) is 14.4 Å². The predicted octanol–water partition coefficient (Wildman–Crippen LogP) is 11.7. The smallest absolute Gasteiger partial charge is 0.159 e. The van der Waals surface area contributed by atoms with E-state index in [0.717, 1.165) is 55.6 Å². The predicted molar refractivity (Wildman–Crippen MR) is 211 cm³/mol. The van der Waals surface area contributed by atoms with E-state index >= 15 is 0 Å². The number of hydrogen-bond acceptors (Lipinski definition) is 4. The molecule has 8 aromatic carbocycles. The normalized spacial score (nSPS) is 14.5. The van der Waals surface area contributed by atoms with Gasteiger partial charge in [0.15, 0.2) is 5.84 Å². The van der Waals surface area contributed by atoms with E-state index in [-0.39, 0.29) is 6.17 Å². The van der Waals surface area contributed by atoms with E-state index in [2.05, 4.69) is 145 Å². The minimum absolute atomic E-state index is 0.387. The molecule has 1 aromatic heterocycles. The van der Waals surface area contributed by atoms with Crippen LogP contribution in [0.15, 0.2) is 190 Å². The lowest BCUT2D eigenvalue weighted by molar-refractivity contribution is 0.662. The number of benzene rings is 8. The van der Waals surface area contributed by atoms with E-state index in [1.54, 1.807) is 0 Å². The maximum Gasteiger partial charge on any atom is 0.159 e. The van der Waals surface area contributed by atoms with Crippen molar-refractivity contribution in [3.8, 4) is 22.3 Å². The molecule has 240 valence electrons. The van der Waals surface area contributed by atoms with Crippen molar-refractivity contribution in [3.05, 3.63) is 193 Å². The molecule has 2 heterocycles. The van der Waals surface area contributed by atoms with Crippen LogP contribution in [0.3, 0.4) is 0 Å². The molecule has 0 bridgehead atoms. The van der Waals surface area contributed by atoms with Crippen LogP contribution < -0.4 is 5.32 Å². The van der Waals surface area contributed by atoms with Crippen LogP contribution in [-0.4, -0.2) is 11.7 Å². The SMILES string of the molecule is c1ccc(C2=NC(c3ccc(-c4cc5ccccc5c5ccccc45)cc3)=NC(c3cccc4oc5ccc(-c6ccccc6)cc5c34)N2)cc1. The van der Waals surface area contributed by atoms with Crippen molar-refractivity contribution in [2.45, 2.75) is 6.17 Å². The first-order chi connectivity index (χ1) is 25.3. The van der Waals surface area contributed by atoms with Crippen molar-refractivity contribution >= 4 is 55.2 Å². The Morgan fingerprint density at radius 2 is 1.12 bits per heavy atom. The lowest BCUT2D eigenvalue weighted by Crippen LogP contribution is -2.33. The van der Waals surface area contributed by atoms with Gasteiger partial charge in [0.25, 0.3) is 0 Å². The first-order valence-electron chi connectivity index (χ1n) is 17.3. The number of fused-ring (bicyclic) bond motifs is 6. The molecule has 1 N–H and O–H groups in total. The molecule has 0 saturated heterocycles. The van der Waals surface area contributed by atoms with Crippen molar-refractivity contribution in [1.82, 2.24) is 5.32 Å². The highest BCUT2D eigenvalue weighted by Crippen LogP contribution is 2.38. The van der Waals surface area contributed by atoms with Gasteiger partial charge in [0.05, 0.1) is 0 Å².